The van der Waals surface area contributed by atoms with Crippen LogP contribution in [-0.4, -0.2) is 58.2 Å². The van der Waals surface area contributed by atoms with Gasteiger partial charge in [-0.15, -0.1) is 0 Å². The lowest BCUT2D eigenvalue weighted by Gasteiger charge is -2.47. The van der Waals surface area contributed by atoms with Gasteiger partial charge >= 0.3 is 6.18 Å². The number of hydrogen-bond acceptors (Lipinski definition) is 4. The molecule has 3 aliphatic heterocycles. The second-order valence-corrected chi connectivity index (χ2v) is 13.1. The monoisotopic (exact) mass is 645 g/mol. The van der Waals surface area contributed by atoms with E-state index in [4.69, 9.17) is 11.6 Å². The number of aliphatic imine (C=N–C) groups is 1. The van der Waals surface area contributed by atoms with E-state index in [9.17, 15) is 18.0 Å². The van der Waals surface area contributed by atoms with Gasteiger partial charge in [-0.2, -0.15) is 13.2 Å². The van der Waals surface area contributed by atoms with E-state index in [1.807, 2.05) is 53.3 Å². The molecule has 1 aromatic heterocycles. The molecule has 0 saturated carbocycles. The quantitative estimate of drug-likeness (QED) is 0.232. The van der Waals surface area contributed by atoms with Crippen LogP contribution in [0.5, 0.6) is 0 Å². The van der Waals surface area contributed by atoms with E-state index in [-0.39, 0.29) is 23.0 Å². The molecule has 6 nitrogen and oxygen atoms in total. The van der Waals surface area contributed by atoms with E-state index in [1.54, 1.807) is 0 Å². The van der Waals surface area contributed by atoms with Crippen molar-refractivity contribution in [3.8, 4) is 0 Å². The molecule has 1 saturated heterocycles. The SMILES string of the molecule is CC12CC(c3cccc(C(=O)N4CCC(c5c[nH]c6ccccc56)CC4)c3)=CNC1=NCCN2Cc1cc(Cl)ccc1C(F)(F)F. The van der Waals surface area contributed by atoms with Gasteiger partial charge in [-0.3, -0.25) is 14.7 Å². The molecule has 1 unspecified atom stereocenters. The van der Waals surface area contributed by atoms with Crippen molar-refractivity contribution in [2.75, 3.05) is 26.2 Å². The molecule has 4 aromatic rings. The summed E-state index contributed by atoms with van der Waals surface area (Å²) >= 11 is 6.14. The Morgan fingerprint density at radius 2 is 1.85 bits per heavy atom. The molecule has 4 heterocycles. The number of aromatic amines is 1. The van der Waals surface area contributed by atoms with Gasteiger partial charge in [-0.05, 0) is 90.8 Å². The maximum absolute atomic E-state index is 13.9. The van der Waals surface area contributed by atoms with Crippen molar-refractivity contribution in [3.05, 3.63) is 112 Å². The number of benzene rings is 3. The van der Waals surface area contributed by atoms with E-state index < -0.39 is 17.3 Å². The molecule has 0 radical (unpaired) electrons. The van der Waals surface area contributed by atoms with E-state index in [1.165, 1.54) is 23.1 Å². The van der Waals surface area contributed by atoms with Crippen molar-refractivity contribution in [3.63, 3.8) is 0 Å². The summed E-state index contributed by atoms with van der Waals surface area (Å²) in [6, 6.07) is 19.7. The molecule has 3 aliphatic rings. The maximum atomic E-state index is 13.9. The summed E-state index contributed by atoms with van der Waals surface area (Å²) in [5.41, 5.74) is 3.73. The van der Waals surface area contributed by atoms with Crippen LogP contribution in [0.25, 0.3) is 16.5 Å². The predicted octanol–water partition coefficient (Wildman–Crippen LogP) is 7.87. The molecule has 238 valence electrons. The number of likely N-dealkylation sites (tertiary alicyclic amines) is 1. The fraction of sp³-hybridized carbons (Fsp3) is 0.333. The summed E-state index contributed by atoms with van der Waals surface area (Å²) in [4.78, 5) is 25.7. The van der Waals surface area contributed by atoms with E-state index in [0.717, 1.165) is 41.4 Å². The molecule has 2 N–H and O–H groups in total. The van der Waals surface area contributed by atoms with Gasteiger partial charge in [0.1, 0.15) is 5.84 Å². The summed E-state index contributed by atoms with van der Waals surface area (Å²) in [5.74, 6) is 1.14. The molecule has 0 aliphatic carbocycles. The third-order valence-electron chi connectivity index (χ3n) is 9.82. The van der Waals surface area contributed by atoms with Crippen LogP contribution in [0, 0.1) is 0 Å². The molecular formula is C36H35ClF3N5O. The highest BCUT2D eigenvalue weighted by Gasteiger charge is 2.43. The number of alkyl halides is 3. The standard InChI is InChI=1S/C36H35ClF3N5O/c1-35-19-27(20-43-34(35)41-13-16-45(35)22-26-18-28(37)9-10-31(26)36(38,39)40)24-5-4-6-25(17-24)33(46)44-14-11-23(12-15-44)30-21-42-32-8-3-2-7-29(30)32/h2-10,17-18,20-21,23,42H,11-16,19,22H2,1H3,(H,41,43). The number of carbonyl (C=O) groups is 1. The third-order valence-corrected chi connectivity index (χ3v) is 10.1. The minimum atomic E-state index is -4.48. The summed E-state index contributed by atoms with van der Waals surface area (Å²) in [5, 5.41) is 4.84. The van der Waals surface area contributed by atoms with E-state index in [2.05, 4.69) is 39.7 Å². The summed E-state index contributed by atoms with van der Waals surface area (Å²) < 4.78 is 41.7. The molecule has 0 spiro atoms. The minimum Gasteiger partial charge on any atom is -0.361 e. The highest BCUT2D eigenvalue weighted by Crippen LogP contribution is 2.39. The zero-order valence-corrected chi connectivity index (χ0v) is 26.3. The van der Waals surface area contributed by atoms with Crippen LogP contribution in [0.1, 0.15) is 64.7 Å². The number of amides is 1. The minimum absolute atomic E-state index is 0.0111. The van der Waals surface area contributed by atoms with Crippen molar-refractivity contribution in [1.82, 2.24) is 20.1 Å². The van der Waals surface area contributed by atoms with Crippen molar-refractivity contribution in [2.45, 2.75) is 50.4 Å². The Bertz CT molecular complexity index is 1860. The molecule has 1 fully saturated rings. The Hall–Kier alpha value is -4.08. The van der Waals surface area contributed by atoms with Gasteiger partial charge in [-0.1, -0.05) is 41.9 Å². The number of para-hydroxylation sites is 1. The first-order chi connectivity index (χ1) is 22.1. The topological polar surface area (TPSA) is 63.7 Å². The summed E-state index contributed by atoms with van der Waals surface area (Å²) in [6.45, 7) is 4.44. The van der Waals surface area contributed by atoms with Crippen molar-refractivity contribution >= 4 is 39.8 Å². The fourth-order valence-corrected chi connectivity index (χ4v) is 7.49. The maximum Gasteiger partial charge on any atom is 0.416 e. The number of amidine groups is 1. The molecular weight excluding hydrogens is 611 g/mol. The van der Waals surface area contributed by atoms with Gasteiger partial charge in [0.25, 0.3) is 5.91 Å². The lowest BCUT2D eigenvalue weighted by atomic mass is 9.82. The third kappa shape index (κ3) is 5.71. The highest BCUT2D eigenvalue weighted by atomic mass is 35.5. The van der Waals surface area contributed by atoms with Crippen LogP contribution < -0.4 is 5.32 Å². The molecule has 1 atom stereocenters. The first kappa shape index (κ1) is 30.6. The second-order valence-electron chi connectivity index (χ2n) is 12.7. The van der Waals surface area contributed by atoms with Crippen LogP contribution in [-0.2, 0) is 12.7 Å². The number of piperidine rings is 1. The number of nitrogens with one attached hydrogen (secondary N) is 2. The van der Waals surface area contributed by atoms with Crippen LogP contribution in [0.3, 0.4) is 0 Å². The summed E-state index contributed by atoms with van der Waals surface area (Å²) in [6.07, 6.45) is 1.86. The Kier molecular flexibility index (Phi) is 7.93. The lowest BCUT2D eigenvalue weighted by molar-refractivity contribution is -0.138. The van der Waals surface area contributed by atoms with Gasteiger partial charge in [0, 0.05) is 60.1 Å². The Morgan fingerprint density at radius 1 is 1.04 bits per heavy atom. The average molecular weight is 646 g/mol. The summed E-state index contributed by atoms with van der Waals surface area (Å²) in [7, 11) is 0. The smallest absolute Gasteiger partial charge is 0.361 e. The Morgan fingerprint density at radius 3 is 2.65 bits per heavy atom. The van der Waals surface area contributed by atoms with Gasteiger partial charge in [0.05, 0.1) is 17.6 Å². The van der Waals surface area contributed by atoms with Crippen molar-refractivity contribution in [2.24, 2.45) is 4.99 Å². The molecule has 3 aromatic carbocycles. The van der Waals surface area contributed by atoms with Crippen LogP contribution in [0.4, 0.5) is 13.2 Å². The predicted molar refractivity (Wildman–Crippen MR) is 176 cm³/mol. The zero-order chi connectivity index (χ0) is 32.1. The van der Waals surface area contributed by atoms with Gasteiger partial charge in [0.2, 0.25) is 0 Å². The molecule has 10 heteroatoms. The second kappa shape index (κ2) is 11.9. The normalized spacial score (nSPS) is 21.0. The number of nitrogens with zero attached hydrogens (tertiary/aromatic N) is 3. The fourth-order valence-electron chi connectivity index (χ4n) is 7.30. The Labute approximate surface area is 270 Å². The number of rotatable bonds is 5. The van der Waals surface area contributed by atoms with E-state index in [0.29, 0.717) is 44.1 Å². The molecule has 46 heavy (non-hydrogen) atoms. The molecule has 7 rings (SSSR count). The Balaban J connectivity index is 1.07. The lowest BCUT2D eigenvalue weighted by Crippen LogP contribution is -2.60. The van der Waals surface area contributed by atoms with Gasteiger partial charge in [-0.25, -0.2) is 0 Å². The number of hydrogen-bond donors (Lipinski definition) is 2. The number of aromatic nitrogens is 1. The number of fused-ring (bicyclic) bond motifs is 2. The van der Waals surface area contributed by atoms with Gasteiger partial charge in [0.15, 0.2) is 0 Å². The first-order valence-electron chi connectivity index (χ1n) is 15.7. The number of carbonyl (C=O) groups excluding carboxylic acids is 1. The average Bonchev–Trinajstić information content (AvgIpc) is 3.48. The van der Waals surface area contributed by atoms with Gasteiger partial charge < -0.3 is 15.2 Å². The number of H-pyrrole nitrogens is 1. The molecule has 0 bridgehead atoms. The first-order valence-corrected chi connectivity index (χ1v) is 16.0. The van der Waals surface area contributed by atoms with E-state index >= 15 is 0 Å². The largest absolute Gasteiger partial charge is 0.416 e. The van der Waals surface area contributed by atoms with Crippen LogP contribution in [0.15, 0.2) is 84.1 Å². The number of halogens is 4. The van der Waals surface area contributed by atoms with Crippen LogP contribution >= 0.6 is 11.6 Å². The highest BCUT2D eigenvalue weighted by molar-refractivity contribution is 6.30. The zero-order valence-electron chi connectivity index (χ0n) is 25.5. The van der Waals surface area contributed by atoms with Crippen molar-refractivity contribution in [1.29, 1.82) is 0 Å². The van der Waals surface area contributed by atoms with Crippen LogP contribution in [0.2, 0.25) is 5.02 Å². The molecule has 1 amide bonds. The van der Waals surface area contributed by atoms with Crippen molar-refractivity contribution < 1.29 is 18.0 Å².